The van der Waals surface area contributed by atoms with Crippen LogP contribution >= 0.6 is 0 Å². The molecule has 0 aliphatic carbocycles. The molecule has 47 heavy (non-hydrogen) atoms. The average molecular weight is 658 g/mol. The van der Waals surface area contributed by atoms with Crippen LogP contribution in [0.1, 0.15) is 37.0 Å². The molecule has 0 saturated heterocycles. The van der Waals surface area contributed by atoms with Crippen molar-refractivity contribution in [1.82, 2.24) is 10.2 Å². The van der Waals surface area contributed by atoms with Crippen LogP contribution in [0, 0.1) is 6.92 Å². The smallest absolute Gasteiger partial charge is 0.264 e. The molecule has 0 saturated carbocycles. The predicted octanol–water partition coefficient (Wildman–Crippen LogP) is 5.76. The molecular formula is C37H43N3O6S. The Hall–Kier alpha value is -4.83. The summed E-state index contributed by atoms with van der Waals surface area (Å²) in [5, 5.41) is 3.05. The highest BCUT2D eigenvalue weighted by Gasteiger charge is 2.35. The summed E-state index contributed by atoms with van der Waals surface area (Å²) < 4.78 is 40.4. The summed E-state index contributed by atoms with van der Waals surface area (Å²) >= 11 is 0. The second kappa shape index (κ2) is 16.1. The maximum Gasteiger partial charge on any atom is 0.264 e. The van der Waals surface area contributed by atoms with Gasteiger partial charge in [0.05, 0.1) is 24.8 Å². The first-order chi connectivity index (χ1) is 22.6. The van der Waals surface area contributed by atoms with Gasteiger partial charge in [0.25, 0.3) is 10.0 Å². The van der Waals surface area contributed by atoms with E-state index in [0.717, 1.165) is 21.0 Å². The number of carbonyl (C=O) groups excluding carboxylic acids is 2. The number of benzene rings is 4. The van der Waals surface area contributed by atoms with E-state index in [-0.39, 0.29) is 35.6 Å². The number of hydrogen-bond acceptors (Lipinski definition) is 6. The molecule has 4 aromatic carbocycles. The molecule has 2 amide bonds. The molecule has 0 radical (unpaired) electrons. The minimum atomic E-state index is -4.30. The third kappa shape index (κ3) is 8.92. The Morgan fingerprint density at radius 1 is 0.809 bits per heavy atom. The molecule has 0 unspecified atom stereocenters. The lowest BCUT2D eigenvalue weighted by Gasteiger charge is -2.34. The van der Waals surface area contributed by atoms with E-state index >= 15 is 0 Å². The maximum absolute atomic E-state index is 14.6. The zero-order valence-electron chi connectivity index (χ0n) is 27.6. The lowest BCUT2D eigenvalue weighted by atomic mass is 10.0. The highest BCUT2D eigenvalue weighted by atomic mass is 32.2. The standard InChI is InChI=1S/C37H43N3O6S/c1-6-28(3)38-37(42)33(23-29-13-9-7-10-14-29)39(25-30-19-17-27(2)18-20-30)36(41)26-40(31-15-11-8-12-16-31)47(43,44)32-21-22-34(45-4)35(24-32)46-5/h7-22,24,28,33H,6,23,25-26H2,1-5H3,(H,38,42)/t28-,33-/m0/s1. The third-order valence-corrected chi connectivity index (χ3v) is 9.78. The van der Waals surface area contributed by atoms with Crippen molar-refractivity contribution in [1.29, 1.82) is 0 Å². The molecule has 9 nitrogen and oxygen atoms in total. The molecule has 2 atom stereocenters. The number of ether oxygens (including phenoxy) is 2. The molecule has 0 aliphatic rings. The van der Waals surface area contributed by atoms with Gasteiger partial charge in [-0.1, -0.05) is 85.3 Å². The van der Waals surface area contributed by atoms with Gasteiger partial charge in [0.15, 0.2) is 11.5 Å². The van der Waals surface area contributed by atoms with Crippen LogP contribution in [0.15, 0.2) is 108 Å². The number of sulfonamides is 1. The summed E-state index contributed by atoms with van der Waals surface area (Å²) in [5.41, 5.74) is 3.04. The predicted molar refractivity (Wildman–Crippen MR) is 184 cm³/mol. The molecule has 0 bridgehead atoms. The molecule has 0 spiro atoms. The van der Waals surface area contributed by atoms with E-state index in [1.54, 1.807) is 30.3 Å². The van der Waals surface area contributed by atoms with E-state index < -0.39 is 28.5 Å². The highest BCUT2D eigenvalue weighted by molar-refractivity contribution is 7.92. The van der Waals surface area contributed by atoms with Crippen LogP contribution in [-0.4, -0.2) is 58.0 Å². The average Bonchev–Trinajstić information content (AvgIpc) is 3.09. The fourth-order valence-corrected chi connectivity index (χ4v) is 6.54. The number of nitrogens with one attached hydrogen (secondary N) is 1. The fraction of sp³-hybridized carbons (Fsp3) is 0.297. The van der Waals surface area contributed by atoms with Gasteiger partial charge in [-0.3, -0.25) is 13.9 Å². The van der Waals surface area contributed by atoms with Gasteiger partial charge in [-0.15, -0.1) is 0 Å². The monoisotopic (exact) mass is 657 g/mol. The van der Waals surface area contributed by atoms with Crippen LogP contribution in [0.25, 0.3) is 0 Å². The van der Waals surface area contributed by atoms with E-state index in [0.29, 0.717) is 17.9 Å². The van der Waals surface area contributed by atoms with Crippen molar-refractivity contribution in [2.45, 2.75) is 57.1 Å². The Bertz CT molecular complexity index is 1730. The van der Waals surface area contributed by atoms with Crippen LogP contribution < -0.4 is 19.1 Å². The van der Waals surface area contributed by atoms with E-state index in [9.17, 15) is 18.0 Å². The van der Waals surface area contributed by atoms with Gasteiger partial charge in [-0.2, -0.15) is 0 Å². The van der Waals surface area contributed by atoms with Gasteiger partial charge in [0.2, 0.25) is 11.8 Å². The number of carbonyl (C=O) groups is 2. The summed E-state index contributed by atoms with van der Waals surface area (Å²) in [6.07, 6.45) is 0.954. The molecule has 0 aromatic heterocycles. The van der Waals surface area contributed by atoms with Crippen molar-refractivity contribution in [2.24, 2.45) is 0 Å². The third-order valence-electron chi connectivity index (χ3n) is 8.01. The number of nitrogens with zero attached hydrogens (tertiary/aromatic N) is 2. The lowest BCUT2D eigenvalue weighted by molar-refractivity contribution is -0.140. The minimum absolute atomic E-state index is 0.0766. The van der Waals surface area contributed by atoms with E-state index in [1.165, 1.54) is 37.3 Å². The topological polar surface area (TPSA) is 105 Å². The fourth-order valence-electron chi connectivity index (χ4n) is 5.11. The van der Waals surface area contributed by atoms with Crippen LogP contribution in [-0.2, 0) is 32.6 Å². The Balaban J connectivity index is 1.81. The highest BCUT2D eigenvalue weighted by Crippen LogP contribution is 2.32. The number of aryl methyl sites for hydroxylation is 1. The number of para-hydroxylation sites is 1. The van der Waals surface area contributed by atoms with E-state index in [1.807, 2.05) is 75.4 Å². The van der Waals surface area contributed by atoms with Crippen LogP contribution in [0.5, 0.6) is 11.5 Å². The molecule has 0 fully saturated rings. The van der Waals surface area contributed by atoms with Gasteiger partial charge in [0, 0.05) is 25.1 Å². The zero-order valence-corrected chi connectivity index (χ0v) is 28.4. The van der Waals surface area contributed by atoms with Gasteiger partial charge < -0.3 is 19.7 Å². The number of methoxy groups -OCH3 is 2. The molecular weight excluding hydrogens is 614 g/mol. The normalized spacial score (nSPS) is 12.4. The largest absolute Gasteiger partial charge is 0.493 e. The lowest BCUT2D eigenvalue weighted by Crippen LogP contribution is -2.54. The molecule has 4 aromatic rings. The first-order valence-electron chi connectivity index (χ1n) is 15.6. The van der Waals surface area contributed by atoms with Crippen molar-refractivity contribution in [2.75, 3.05) is 25.1 Å². The van der Waals surface area contributed by atoms with Gasteiger partial charge in [0.1, 0.15) is 12.6 Å². The SMILES string of the molecule is CC[C@H](C)NC(=O)[C@H](Cc1ccccc1)N(Cc1ccc(C)cc1)C(=O)CN(c1ccccc1)S(=O)(=O)c1ccc(OC)c(OC)c1. The Morgan fingerprint density at radius 3 is 2.02 bits per heavy atom. The molecule has 4 rings (SSSR count). The van der Waals surface area contributed by atoms with Crippen molar-refractivity contribution < 1.29 is 27.5 Å². The van der Waals surface area contributed by atoms with E-state index in [2.05, 4.69) is 5.32 Å². The van der Waals surface area contributed by atoms with Gasteiger partial charge in [-0.05, 0) is 55.7 Å². The number of hydrogen-bond donors (Lipinski definition) is 1. The molecule has 0 aliphatic heterocycles. The number of amides is 2. The zero-order chi connectivity index (χ0) is 34.0. The number of anilines is 1. The summed E-state index contributed by atoms with van der Waals surface area (Å²) in [4.78, 5) is 30.0. The van der Waals surface area contributed by atoms with Crippen LogP contribution in [0.4, 0.5) is 5.69 Å². The minimum Gasteiger partial charge on any atom is -0.493 e. The molecule has 248 valence electrons. The first kappa shape index (κ1) is 35.0. The maximum atomic E-state index is 14.6. The molecule has 10 heteroatoms. The Kier molecular flexibility index (Phi) is 12.0. The van der Waals surface area contributed by atoms with Crippen molar-refractivity contribution >= 4 is 27.5 Å². The van der Waals surface area contributed by atoms with Gasteiger partial charge in [-0.25, -0.2) is 8.42 Å². The van der Waals surface area contributed by atoms with Crippen LogP contribution in [0.2, 0.25) is 0 Å². The summed E-state index contributed by atoms with van der Waals surface area (Å²) in [6, 6.07) is 28.9. The Labute approximate surface area is 278 Å². The van der Waals surface area contributed by atoms with Crippen molar-refractivity contribution in [3.8, 4) is 11.5 Å². The van der Waals surface area contributed by atoms with Crippen molar-refractivity contribution in [3.05, 3.63) is 120 Å². The molecule has 1 N–H and O–H groups in total. The van der Waals surface area contributed by atoms with E-state index in [4.69, 9.17) is 9.47 Å². The van der Waals surface area contributed by atoms with Gasteiger partial charge >= 0.3 is 0 Å². The second-order valence-corrected chi connectivity index (χ2v) is 13.3. The molecule has 0 heterocycles. The summed E-state index contributed by atoms with van der Waals surface area (Å²) in [7, 11) is -1.41. The number of rotatable bonds is 15. The van der Waals surface area contributed by atoms with Crippen molar-refractivity contribution in [3.63, 3.8) is 0 Å². The Morgan fingerprint density at radius 2 is 1.43 bits per heavy atom. The first-order valence-corrected chi connectivity index (χ1v) is 17.0. The second-order valence-electron chi connectivity index (χ2n) is 11.4. The summed E-state index contributed by atoms with van der Waals surface area (Å²) in [5.74, 6) is -0.232. The summed E-state index contributed by atoms with van der Waals surface area (Å²) in [6.45, 7) is 5.42. The van der Waals surface area contributed by atoms with Crippen LogP contribution in [0.3, 0.4) is 0 Å². The quantitative estimate of drug-likeness (QED) is 0.174.